The number of hydrogen-bond donors (Lipinski definition) is 1. The molecule has 4 aromatic rings. The maximum Gasteiger partial charge on any atom is 0.271 e. The summed E-state index contributed by atoms with van der Waals surface area (Å²) in [4.78, 5) is 12.6. The normalized spacial score (nSPS) is 10.9. The summed E-state index contributed by atoms with van der Waals surface area (Å²) in [6.45, 7) is 2.69. The molecule has 0 saturated carbocycles. The van der Waals surface area contributed by atoms with Gasteiger partial charge in [-0.1, -0.05) is 54.1 Å². The number of ether oxygens (including phenoxy) is 3. The summed E-state index contributed by atoms with van der Waals surface area (Å²) in [5, 5.41) is 6.93. The Morgan fingerprint density at radius 1 is 0.943 bits per heavy atom. The van der Waals surface area contributed by atoms with Crippen molar-refractivity contribution in [2.24, 2.45) is 5.10 Å². The van der Waals surface area contributed by atoms with Crippen LogP contribution in [-0.4, -0.2) is 25.8 Å². The molecule has 0 bridgehead atoms. The molecule has 7 heteroatoms. The largest absolute Gasteiger partial charge is 0.493 e. The van der Waals surface area contributed by atoms with E-state index < -0.39 is 0 Å². The van der Waals surface area contributed by atoms with Crippen LogP contribution in [0.3, 0.4) is 0 Å². The first kappa shape index (κ1) is 24.1. The van der Waals surface area contributed by atoms with Crippen LogP contribution in [0.1, 0.15) is 28.4 Å². The van der Waals surface area contributed by atoms with Crippen molar-refractivity contribution in [2.75, 3.05) is 13.7 Å². The number of rotatable bonds is 9. The quantitative estimate of drug-likeness (QED) is 0.223. The van der Waals surface area contributed by atoms with Gasteiger partial charge in [0, 0.05) is 16.1 Å². The van der Waals surface area contributed by atoms with Crippen LogP contribution in [0, 0.1) is 0 Å². The minimum absolute atomic E-state index is 0.377. The lowest BCUT2D eigenvalue weighted by Gasteiger charge is -2.12. The fourth-order valence-electron chi connectivity index (χ4n) is 3.64. The Kier molecular flexibility index (Phi) is 7.85. The monoisotopic (exact) mass is 488 g/mol. The molecule has 0 unspecified atom stereocenters. The van der Waals surface area contributed by atoms with E-state index in [1.54, 1.807) is 43.5 Å². The third-order valence-corrected chi connectivity index (χ3v) is 5.57. The van der Waals surface area contributed by atoms with E-state index in [4.69, 9.17) is 25.8 Å². The summed E-state index contributed by atoms with van der Waals surface area (Å²) in [7, 11) is 1.55. The van der Waals surface area contributed by atoms with Gasteiger partial charge in [0.05, 0.1) is 19.9 Å². The fourth-order valence-corrected chi connectivity index (χ4v) is 3.82. The van der Waals surface area contributed by atoms with Crippen LogP contribution < -0.4 is 19.6 Å². The molecule has 0 saturated heterocycles. The number of fused-ring (bicyclic) bond motifs is 1. The molecule has 0 fully saturated rings. The third-order valence-electron chi connectivity index (χ3n) is 5.33. The second-order valence-electron chi connectivity index (χ2n) is 7.61. The highest BCUT2D eigenvalue weighted by molar-refractivity contribution is 6.30. The number of hydrogen-bond acceptors (Lipinski definition) is 5. The maximum atomic E-state index is 12.6. The lowest BCUT2D eigenvalue weighted by molar-refractivity contribution is 0.0954. The van der Waals surface area contributed by atoms with E-state index in [1.807, 2.05) is 31.2 Å². The molecule has 0 spiro atoms. The number of methoxy groups -OCH3 is 1. The van der Waals surface area contributed by atoms with Gasteiger partial charge in [-0.15, -0.1) is 0 Å². The highest BCUT2D eigenvalue weighted by Gasteiger charge is 2.11. The second kappa shape index (κ2) is 11.4. The number of hydrazone groups is 1. The number of nitrogens with zero attached hydrogens (tertiary/aromatic N) is 1. The zero-order chi connectivity index (χ0) is 24.6. The fraction of sp³-hybridized carbons (Fsp3) is 0.143. The predicted molar refractivity (Wildman–Crippen MR) is 139 cm³/mol. The first-order valence-corrected chi connectivity index (χ1v) is 11.5. The molecule has 1 amide bonds. The average Bonchev–Trinajstić information content (AvgIpc) is 2.88. The van der Waals surface area contributed by atoms with Gasteiger partial charge in [-0.25, -0.2) is 5.43 Å². The van der Waals surface area contributed by atoms with Crippen molar-refractivity contribution in [2.45, 2.75) is 13.5 Å². The van der Waals surface area contributed by atoms with Crippen LogP contribution >= 0.6 is 11.6 Å². The van der Waals surface area contributed by atoms with Crippen molar-refractivity contribution in [3.8, 4) is 17.2 Å². The van der Waals surface area contributed by atoms with Gasteiger partial charge in [0.15, 0.2) is 11.5 Å². The van der Waals surface area contributed by atoms with Gasteiger partial charge in [-0.05, 0) is 59.7 Å². The summed E-state index contributed by atoms with van der Waals surface area (Å²) >= 11 is 6.19. The Morgan fingerprint density at radius 2 is 1.74 bits per heavy atom. The molecule has 178 valence electrons. The lowest BCUT2D eigenvalue weighted by atomic mass is 10.1. The van der Waals surface area contributed by atoms with Crippen LogP contribution in [0.15, 0.2) is 84.0 Å². The Bertz CT molecular complexity index is 1370. The molecule has 35 heavy (non-hydrogen) atoms. The van der Waals surface area contributed by atoms with E-state index in [2.05, 4.69) is 28.7 Å². The van der Waals surface area contributed by atoms with Crippen LogP contribution in [0.4, 0.5) is 0 Å². The molecule has 0 aliphatic carbocycles. The third kappa shape index (κ3) is 5.91. The molecule has 0 aromatic heterocycles. The minimum atomic E-state index is -0.384. The first-order valence-electron chi connectivity index (χ1n) is 11.1. The van der Waals surface area contributed by atoms with Gasteiger partial charge in [0.25, 0.3) is 5.91 Å². The van der Waals surface area contributed by atoms with Crippen molar-refractivity contribution < 1.29 is 19.0 Å². The number of carbonyl (C=O) groups excluding carboxylic acids is 1. The molecule has 0 aliphatic rings. The Hall–Kier alpha value is -4.03. The standard InChI is InChI=1S/C28H25ClN2O4/c1-3-34-27-16-20(11-13-26(27)33-2)28(32)31-30-17-22-15-23(29)12-14-25(22)35-18-21-9-6-8-19-7-4-5-10-24(19)21/h4-17H,3,18H2,1-2H3,(H,31,32)/b30-17+. The Balaban J connectivity index is 1.48. The number of benzene rings is 4. The van der Waals surface area contributed by atoms with Gasteiger partial charge in [0.1, 0.15) is 12.4 Å². The van der Waals surface area contributed by atoms with Gasteiger partial charge < -0.3 is 14.2 Å². The summed E-state index contributed by atoms with van der Waals surface area (Å²) in [6, 6.07) is 24.5. The Morgan fingerprint density at radius 3 is 2.57 bits per heavy atom. The van der Waals surface area contributed by atoms with Crippen molar-refractivity contribution in [3.63, 3.8) is 0 Å². The molecular formula is C28H25ClN2O4. The van der Waals surface area contributed by atoms with Crippen molar-refractivity contribution in [3.05, 3.63) is 101 Å². The van der Waals surface area contributed by atoms with Crippen LogP contribution in [0.25, 0.3) is 10.8 Å². The molecule has 1 N–H and O–H groups in total. The average molecular weight is 489 g/mol. The predicted octanol–water partition coefficient (Wildman–Crippen LogP) is 6.24. The van der Waals surface area contributed by atoms with Crippen LogP contribution in [0.2, 0.25) is 5.02 Å². The number of carbonyl (C=O) groups is 1. The smallest absolute Gasteiger partial charge is 0.271 e. The van der Waals surface area contributed by atoms with E-state index in [0.29, 0.717) is 46.6 Å². The molecule has 0 heterocycles. The van der Waals surface area contributed by atoms with Crippen molar-refractivity contribution in [1.82, 2.24) is 5.43 Å². The van der Waals surface area contributed by atoms with Crippen molar-refractivity contribution in [1.29, 1.82) is 0 Å². The molecule has 6 nitrogen and oxygen atoms in total. The topological polar surface area (TPSA) is 69.2 Å². The number of halogens is 1. The lowest BCUT2D eigenvalue weighted by Crippen LogP contribution is -2.17. The molecule has 4 aromatic carbocycles. The zero-order valence-electron chi connectivity index (χ0n) is 19.5. The second-order valence-corrected chi connectivity index (χ2v) is 8.04. The molecule has 0 atom stereocenters. The highest BCUT2D eigenvalue weighted by Crippen LogP contribution is 2.28. The van der Waals surface area contributed by atoms with Crippen LogP contribution in [-0.2, 0) is 6.61 Å². The van der Waals surface area contributed by atoms with E-state index in [0.717, 1.165) is 16.3 Å². The van der Waals surface area contributed by atoms with Gasteiger partial charge in [-0.2, -0.15) is 5.10 Å². The molecule has 0 aliphatic heterocycles. The Labute approximate surface area is 209 Å². The number of nitrogens with one attached hydrogen (secondary N) is 1. The van der Waals surface area contributed by atoms with E-state index in [-0.39, 0.29) is 5.91 Å². The molecule has 0 radical (unpaired) electrons. The molecule has 4 rings (SSSR count). The van der Waals surface area contributed by atoms with Gasteiger partial charge in [0.2, 0.25) is 0 Å². The van der Waals surface area contributed by atoms with Gasteiger partial charge >= 0.3 is 0 Å². The summed E-state index contributed by atoms with van der Waals surface area (Å²) < 4.78 is 16.9. The number of amides is 1. The summed E-state index contributed by atoms with van der Waals surface area (Å²) in [5.41, 5.74) is 4.64. The molecular weight excluding hydrogens is 464 g/mol. The summed E-state index contributed by atoms with van der Waals surface area (Å²) in [6.07, 6.45) is 1.51. The maximum absolute atomic E-state index is 12.6. The van der Waals surface area contributed by atoms with E-state index >= 15 is 0 Å². The van der Waals surface area contributed by atoms with Gasteiger partial charge in [-0.3, -0.25) is 4.79 Å². The summed E-state index contributed by atoms with van der Waals surface area (Å²) in [5.74, 6) is 1.26. The van der Waals surface area contributed by atoms with Crippen molar-refractivity contribution >= 4 is 34.5 Å². The first-order chi connectivity index (χ1) is 17.1. The zero-order valence-corrected chi connectivity index (χ0v) is 20.2. The SMILES string of the molecule is CCOc1cc(C(=O)N/N=C/c2cc(Cl)ccc2OCc2cccc3ccccc23)ccc1OC. The minimum Gasteiger partial charge on any atom is -0.493 e. The van der Waals surface area contributed by atoms with Crippen LogP contribution in [0.5, 0.6) is 17.2 Å². The highest BCUT2D eigenvalue weighted by atomic mass is 35.5. The van der Waals surface area contributed by atoms with E-state index in [9.17, 15) is 4.79 Å². The van der Waals surface area contributed by atoms with E-state index in [1.165, 1.54) is 6.21 Å².